The lowest BCUT2D eigenvalue weighted by atomic mass is 9.88. The van der Waals surface area contributed by atoms with Crippen molar-refractivity contribution in [1.29, 1.82) is 0 Å². The molecule has 1 saturated heterocycles. The Balaban J connectivity index is 2.57. The lowest BCUT2D eigenvalue weighted by molar-refractivity contribution is -0.0343. The van der Waals surface area contributed by atoms with Crippen molar-refractivity contribution >= 4 is 7.60 Å². The molecule has 0 aromatic heterocycles. The van der Waals surface area contributed by atoms with Crippen LogP contribution in [0.4, 0.5) is 0 Å². The highest BCUT2D eigenvalue weighted by atomic mass is 31.2. The summed E-state index contributed by atoms with van der Waals surface area (Å²) < 4.78 is 26.8. The van der Waals surface area contributed by atoms with Crippen molar-refractivity contribution in [3.63, 3.8) is 0 Å². The Morgan fingerprint density at radius 2 is 2.00 bits per heavy atom. The third-order valence-electron chi connectivity index (χ3n) is 2.41. The van der Waals surface area contributed by atoms with E-state index in [1.165, 1.54) is 6.66 Å². The second kappa shape index (κ2) is 4.09. The molecule has 0 aliphatic carbocycles. The quantitative estimate of drug-likeness (QED) is 0.664. The van der Waals surface area contributed by atoms with Gasteiger partial charge in [-0.3, -0.25) is 4.57 Å². The fraction of sp³-hybridized carbons (Fsp3) is 1.00. The molecule has 0 N–H and O–H groups in total. The Hall–Kier alpha value is 0.110. The van der Waals surface area contributed by atoms with Crippen LogP contribution in [-0.4, -0.2) is 33.6 Å². The predicted molar refractivity (Wildman–Crippen MR) is 50.0 cm³/mol. The van der Waals surface area contributed by atoms with Crippen LogP contribution in [0.5, 0.6) is 0 Å². The highest BCUT2D eigenvalue weighted by molar-refractivity contribution is 7.53. The van der Waals surface area contributed by atoms with Crippen LogP contribution in [0, 0.1) is 5.41 Å². The summed E-state index contributed by atoms with van der Waals surface area (Å²) in [6.07, 6.45) is 0.904. The number of methoxy groups -OCH3 is 1. The van der Waals surface area contributed by atoms with Gasteiger partial charge < -0.3 is 13.8 Å². The van der Waals surface area contributed by atoms with Gasteiger partial charge in [0.15, 0.2) is 0 Å². The Kier molecular flexibility index (Phi) is 3.52. The summed E-state index contributed by atoms with van der Waals surface area (Å²) in [4.78, 5) is 0. The fourth-order valence-corrected chi connectivity index (χ4v) is 2.37. The maximum atomic E-state index is 11.4. The van der Waals surface area contributed by atoms with Gasteiger partial charge in [0.1, 0.15) is 0 Å². The molecule has 0 amide bonds. The van der Waals surface area contributed by atoms with Crippen LogP contribution in [0.15, 0.2) is 0 Å². The lowest BCUT2D eigenvalue weighted by Gasteiger charge is -2.37. The fourth-order valence-electron chi connectivity index (χ4n) is 1.28. The van der Waals surface area contributed by atoms with E-state index in [4.69, 9.17) is 13.8 Å². The molecule has 4 nitrogen and oxygen atoms in total. The van der Waals surface area contributed by atoms with E-state index in [9.17, 15) is 4.57 Å². The highest BCUT2D eigenvalue weighted by Gasteiger charge is 2.38. The van der Waals surface area contributed by atoms with Crippen molar-refractivity contribution < 1.29 is 18.3 Å². The lowest BCUT2D eigenvalue weighted by Crippen LogP contribution is -2.38. The second-order valence-corrected chi connectivity index (χ2v) is 5.66. The van der Waals surface area contributed by atoms with Crippen molar-refractivity contribution in [2.24, 2.45) is 5.41 Å². The van der Waals surface area contributed by atoms with Gasteiger partial charge in [0.2, 0.25) is 0 Å². The summed E-state index contributed by atoms with van der Waals surface area (Å²) in [6.45, 7) is 5.07. The normalized spacial score (nSPS) is 40.5. The first-order valence-corrected chi connectivity index (χ1v) is 6.38. The van der Waals surface area contributed by atoms with E-state index in [-0.39, 0.29) is 5.41 Å². The number of hydrogen-bond donors (Lipinski definition) is 0. The predicted octanol–water partition coefficient (Wildman–Crippen LogP) is 1.90. The molecule has 0 aromatic carbocycles. The minimum atomic E-state index is -2.76. The Bertz CT molecular complexity index is 204. The van der Waals surface area contributed by atoms with E-state index in [1.54, 1.807) is 7.11 Å². The standard InChI is InChI=1S/C8H17O4P/c1-4-8(5-10-2)6-11-13(3,9)12-7-8/h4-7H2,1-3H3. The van der Waals surface area contributed by atoms with E-state index in [0.717, 1.165) is 6.42 Å². The number of hydrogen-bond acceptors (Lipinski definition) is 4. The molecule has 0 radical (unpaired) electrons. The first-order valence-electron chi connectivity index (χ1n) is 4.39. The average molecular weight is 208 g/mol. The second-order valence-electron chi connectivity index (χ2n) is 3.60. The molecule has 1 aliphatic rings. The molecule has 0 bridgehead atoms. The molecule has 0 aromatic rings. The smallest absolute Gasteiger partial charge is 0.327 e. The minimum absolute atomic E-state index is 0.112. The number of ether oxygens (including phenoxy) is 1. The van der Waals surface area contributed by atoms with Gasteiger partial charge in [-0.2, -0.15) is 0 Å². The molecule has 0 spiro atoms. The van der Waals surface area contributed by atoms with Crippen LogP contribution in [0.1, 0.15) is 13.3 Å². The Labute approximate surface area is 79.1 Å². The van der Waals surface area contributed by atoms with Crippen LogP contribution in [0.3, 0.4) is 0 Å². The van der Waals surface area contributed by atoms with E-state index in [1.807, 2.05) is 0 Å². The van der Waals surface area contributed by atoms with Gasteiger partial charge in [0, 0.05) is 19.2 Å². The molecule has 5 heteroatoms. The SMILES string of the molecule is CCC1(COC)COP(C)(=O)OC1. The van der Waals surface area contributed by atoms with Crippen molar-refractivity contribution in [1.82, 2.24) is 0 Å². The largest absolute Gasteiger partial charge is 0.384 e. The van der Waals surface area contributed by atoms with E-state index in [0.29, 0.717) is 19.8 Å². The maximum Gasteiger partial charge on any atom is 0.327 e. The Morgan fingerprint density at radius 1 is 1.46 bits per heavy atom. The van der Waals surface area contributed by atoms with Crippen LogP contribution in [-0.2, 0) is 18.3 Å². The van der Waals surface area contributed by atoms with Crippen LogP contribution in [0.2, 0.25) is 0 Å². The molecule has 1 rings (SSSR count). The summed E-state index contributed by atoms with van der Waals surface area (Å²) >= 11 is 0. The summed E-state index contributed by atoms with van der Waals surface area (Å²) in [7, 11) is -1.11. The molecule has 0 saturated carbocycles. The summed E-state index contributed by atoms with van der Waals surface area (Å²) in [5.41, 5.74) is -0.112. The van der Waals surface area contributed by atoms with Crippen molar-refractivity contribution in [2.75, 3.05) is 33.6 Å². The van der Waals surface area contributed by atoms with Gasteiger partial charge in [-0.1, -0.05) is 6.92 Å². The molecule has 0 unspecified atom stereocenters. The molecule has 1 heterocycles. The van der Waals surface area contributed by atoms with Gasteiger partial charge in [-0.05, 0) is 6.42 Å². The van der Waals surface area contributed by atoms with E-state index >= 15 is 0 Å². The monoisotopic (exact) mass is 208 g/mol. The molecular formula is C8H17O4P. The molecule has 78 valence electrons. The van der Waals surface area contributed by atoms with Crippen LogP contribution < -0.4 is 0 Å². The summed E-state index contributed by atoms with van der Waals surface area (Å²) in [5.74, 6) is 0. The van der Waals surface area contributed by atoms with Crippen molar-refractivity contribution in [3.05, 3.63) is 0 Å². The zero-order valence-corrected chi connectivity index (χ0v) is 9.30. The summed E-state index contributed by atoms with van der Waals surface area (Å²) in [6, 6.07) is 0. The van der Waals surface area contributed by atoms with Crippen LogP contribution >= 0.6 is 7.60 Å². The summed E-state index contributed by atoms with van der Waals surface area (Å²) in [5, 5.41) is 0. The zero-order valence-electron chi connectivity index (χ0n) is 8.41. The molecule has 13 heavy (non-hydrogen) atoms. The maximum absolute atomic E-state index is 11.4. The van der Waals surface area contributed by atoms with Crippen molar-refractivity contribution in [2.45, 2.75) is 13.3 Å². The van der Waals surface area contributed by atoms with E-state index in [2.05, 4.69) is 6.92 Å². The molecule has 1 aliphatic heterocycles. The first kappa shape index (κ1) is 11.2. The van der Waals surface area contributed by atoms with Gasteiger partial charge >= 0.3 is 7.60 Å². The molecule has 0 atom stereocenters. The third-order valence-corrected chi connectivity index (χ3v) is 3.61. The average Bonchev–Trinajstić information content (AvgIpc) is 2.10. The molecule has 1 fully saturated rings. The van der Waals surface area contributed by atoms with Crippen LogP contribution in [0.25, 0.3) is 0 Å². The van der Waals surface area contributed by atoms with E-state index < -0.39 is 7.60 Å². The third kappa shape index (κ3) is 2.78. The highest BCUT2D eigenvalue weighted by Crippen LogP contribution is 2.51. The topological polar surface area (TPSA) is 44.8 Å². The van der Waals surface area contributed by atoms with Gasteiger partial charge in [0.25, 0.3) is 0 Å². The minimum Gasteiger partial charge on any atom is -0.384 e. The van der Waals surface area contributed by atoms with Gasteiger partial charge in [-0.15, -0.1) is 0 Å². The molecular weight excluding hydrogens is 191 g/mol. The Morgan fingerprint density at radius 3 is 2.38 bits per heavy atom. The van der Waals surface area contributed by atoms with Gasteiger partial charge in [-0.25, -0.2) is 0 Å². The van der Waals surface area contributed by atoms with Gasteiger partial charge in [0.05, 0.1) is 19.8 Å². The first-order chi connectivity index (χ1) is 6.04. The van der Waals surface area contributed by atoms with Crippen molar-refractivity contribution in [3.8, 4) is 0 Å². The zero-order chi connectivity index (χ0) is 9.95. The number of rotatable bonds is 3.